The Morgan fingerprint density at radius 3 is 2.56 bits per heavy atom. The molecule has 0 aliphatic carbocycles. The van der Waals surface area contributed by atoms with Crippen molar-refractivity contribution in [3.63, 3.8) is 0 Å². The van der Waals surface area contributed by atoms with E-state index < -0.39 is 0 Å². The predicted molar refractivity (Wildman–Crippen MR) is 126 cm³/mol. The van der Waals surface area contributed by atoms with Gasteiger partial charge in [0.25, 0.3) is 0 Å². The third-order valence-electron chi connectivity index (χ3n) is 5.49. The summed E-state index contributed by atoms with van der Waals surface area (Å²) in [4.78, 5) is 20.4. The van der Waals surface area contributed by atoms with E-state index in [1.165, 1.54) is 5.56 Å². The fourth-order valence-corrected chi connectivity index (χ4v) is 3.72. The fourth-order valence-electron chi connectivity index (χ4n) is 3.72. The van der Waals surface area contributed by atoms with Crippen LogP contribution in [0.15, 0.2) is 46.6 Å². The van der Waals surface area contributed by atoms with Crippen LogP contribution >= 0.6 is 0 Å². The Morgan fingerprint density at radius 2 is 1.79 bits per heavy atom. The molecule has 2 aromatic rings. The number of ether oxygens (including phenoxy) is 4. The Hall–Kier alpha value is -3.24. The van der Waals surface area contributed by atoms with Gasteiger partial charge in [0.15, 0.2) is 5.82 Å². The molecule has 1 aromatic heterocycles. The smallest absolute Gasteiger partial charge is 0.410 e. The average Bonchev–Trinajstić information content (AvgIpc) is 2.87. The summed E-state index contributed by atoms with van der Waals surface area (Å²) < 4.78 is 21.8. The third-order valence-corrected chi connectivity index (χ3v) is 5.49. The Balaban J connectivity index is 1.37. The zero-order valence-corrected chi connectivity index (χ0v) is 19.5. The van der Waals surface area contributed by atoms with Crippen molar-refractivity contribution in [2.75, 3.05) is 70.7 Å². The van der Waals surface area contributed by atoms with Crippen LogP contribution in [0.2, 0.25) is 0 Å². The summed E-state index contributed by atoms with van der Waals surface area (Å²) in [6.07, 6.45) is -0.354. The van der Waals surface area contributed by atoms with Gasteiger partial charge in [-0.1, -0.05) is 29.8 Å². The van der Waals surface area contributed by atoms with Crippen molar-refractivity contribution < 1.29 is 23.7 Å². The second-order valence-corrected chi connectivity index (χ2v) is 8.07. The summed E-state index contributed by atoms with van der Waals surface area (Å²) in [5.41, 5.74) is 3.22. The summed E-state index contributed by atoms with van der Waals surface area (Å²) in [6, 6.07) is 11.9. The summed E-state index contributed by atoms with van der Waals surface area (Å²) in [6.45, 7) is 7.88. The minimum absolute atomic E-state index is 0.129. The van der Waals surface area contributed by atoms with E-state index in [1.54, 1.807) is 4.90 Å². The molecule has 10 nitrogen and oxygen atoms in total. The molecule has 0 spiro atoms. The highest BCUT2D eigenvalue weighted by atomic mass is 16.6. The van der Waals surface area contributed by atoms with E-state index in [0.29, 0.717) is 57.8 Å². The highest BCUT2D eigenvalue weighted by Crippen LogP contribution is 2.26. The number of hydrogen-bond donors (Lipinski definition) is 0. The van der Waals surface area contributed by atoms with E-state index >= 15 is 0 Å². The van der Waals surface area contributed by atoms with Crippen LogP contribution in [-0.4, -0.2) is 81.8 Å². The normalized spacial score (nSPS) is 16.6. The second kappa shape index (κ2) is 12.3. The monoisotopic (exact) mass is 469 g/mol. The molecule has 0 atom stereocenters. The molecule has 2 fully saturated rings. The zero-order valence-electron chi connectivity index (χ0n) is 19.5. The molecule has 1 amide bonds. The molecular weight excluding hydrogens is 438 g/mol. The van der Waals surface area contributed by atoms with Crippen LogP contribution in [0.25, 0.3) is 0 Å². The molecule has 0 radical (unpaired) electrons. The molecule has 0 bridgehead atoms. The number of morpholine rings is 2. The first-order valence-corrected chi connectivity index (χ1v) is 11.6. The predicted octanol–water partition coefficient (Wildman–Crippen LogP) is 3.36. The SMILES string of the molecule is Cc1cccc(CN=Nc2cc(N3CCOCC3)cc(OCCOC(=O)N3CCOCC3)n2)c1. The van der Waals surface area contributed by atoms with Gasteiger partial charge in [-0.3, -0.25) is 0 Å². The molecule has 10 heteroatoms. The van der Waals surface area contributed by atoms with E-state index in [1.807, 2.05) is 24.3 Å². The van der Waals surface area contributed by atoms with Gasteiger partial charge < -0.3 is 28.7 Å². The van der Waals surface area contributed by atoms with Gasteiger partial charge in [-0.2, -0.15) is 10.1 Å². The van der Waals surface area contributed by atoms with E-state index in [-0.39, 0.29) is 19.3 Å². The van der Waals surface area contributed by atoms with Gasteiger partial charge in [0, 0.05) is 44.0 Å². The quantitative estimate of drug-likeness (QED) is 0.432. The van der Waals surface area contributed by atoms with Gasteiger partial charge in [-0.25, -0.2) is 4.79 Å². The summed E-state index contributed by atoms with van der Waals surface area (Å²) in [5, 5.41) is 8.67. The Labute approximate surface area is 199 Å². The maximum absolute atomic E-state index is 12.1. The van der Waals surface area contributed by atoms with Gasteiger partial charge in [0.2, 0.25) is 5.88 Å². The number of aromatic nitrogens is 1. The standard InChI is InChI=1S/C24H31N5O5/c1-19-3-2-4-20(15-19)18-25-27-22-16-21(28-5-9-31-10-6-28)17-23(26-22)33-13-14-34-24(30)29-7-11-32-12-8-29/h2-4,15-17H,5-14,18H2,1H3. The number of pyridine rings is 1. The Kier molecular flexibility index (Phi) is 8.64. The molecular formula is C24H31N5O5. The molecule has 2 aliphatic rings. The summed E-state index contributed by atoms with van der Waals surface area (Å²) in [5.74, 6) is 0.882. The summed E-state index contributed by atoms with van der Waals surface area (Å²) in [7, 11) is 0. The number of anilines is 1. The third kappa shape index (κ3) is 7.13. The maximum atomic E-state index is 12.1. The van der Waals surface area contributed by atoms with Crippen LogP contribution in [0.5, 0.6) is 5.88 Å². The lowest BCUT2D eigenvalue weighted by Crippen LogP contribution is -2.41. The molecule has 0 saturated carbocycles. The van der Waals surface area contributed by atoms with Crippen molar-refractivity contribution in [1.82, 2.24) is 9.88 Å². The Morgan fingerprint density at radius 1 is 1.03 bits per heavy atom. The topological polar surface area (TPSA) is 98.1 Å². The van der Waals surface area contributed by atoms with Crippen molar-refractivity contribution in [3.8, 4) is 5.88 Å². The second-order valence-electron chi connectivity index (χ2n) is 8.07. The molecule has 0 unspecified atom stereocenters. The number of azo groups is 1. The minimum Gasteiger partial charge on any atom is -0.474 e. The van der Waals surface area contributed by atoms with Crippen molar-refractivity contribution in [1.29, 1.82) is 0 Å². The van der Waals surface area contributed by atoms with Crippen LogP contribution < -0.4 is 9.64 Å². The lowest BCUT2D eigenvalue weighted by molar-refractivity contribution is 0.0238. The van der Waals surface area contributed by atoms with Gasteiger partial charge in [0.05, 0.1) is 33.0 Å². The number of carbonyl (C=O) groups excluding carboxylic acids is 1. The van der Waals surface area contributed by atoms with Crippen LogP contribution in [0.3, 0.4) is 0 Å². The van der Waals surface area contributed by atoms with Gasteiger partial charge in [-0.15, -0.1) is 5.11 Å². The van der Waals surface area contributed by atoms with Crippen molar-refractivity contribution in [2.24, 2.45) is 10.2 Å². The number of rotatable bonds is 8. The molecule has 2 saturated heterocycles. The first kappa shape index (κ1) is 23.9. The molecule has 1 aromatic carbocycles. The molecule has 4 rings (SSSR count). The van der Waals surface area contributed by atoms with E-state index in [4.69, 9.17) is 18.9 Å². The molecule has 34 heavy (non-hydrogen) atoms. The van der Waals surface area contributed by atoms with Crippen molar-refractivity contribution >= 4 is 17.6 Å². The van der Waals surface area contributed by atoms with Gasteiger partial charge in [0.1, 0.15) is 13.2 Å². The number of benzene rings is 1. The first-order chi connectivity index (χ1) is 16.7. The number of aryl methyl sites for hydroxylation is 1. The zero-order chi connectivity index (χ0) is 23.6. The molecule has 2 aliphatic heterocycles. The van der Waals surface area contributed by atoms with Crippen LogP contribution in [0.4, 0.5) is 16.3 Å². The minimum atomic E-state index is -0.354. The van der Waals surface area contributed by atoms with Crippen LogP contribution in [-0.2, 0) is 20.8 Å². The number of hydrogen-bond acceptors (Lipinski definition) is 9. The van der Waals surface area contributed by atoms with Crippen molar-refractivity contribution in [2.45, 2.75) is 13.5 Å². The van der Waals surface area contributed by atoms with Crippen molar-refractivity contribution in [3.05, 3.63) is 47.5 Å². The number of amides is 1. The average molecular weight is 470 g/mol. The Bertz CT molecular complexity index is 974. The van der Waals surface area contributed by atoms with Crippen LogP contribution in [0, 0.1) is 6.92 Å². The molecule has 0 N–H and O–H groups in total. The van der Waals surface area contributed by atoms with Gasteiger partial charge in [-0.05, 0) is 12.5 Å². The molecule has 182 valence electrons. The highest BCUT2D eigenvalue weighted by Gasteiger charge is 2.18. The lowest BCUT2D eigenvalue weighted by atomic mass is 10.1. The first-order valence-electron chi connectivity index (χ1n) is 11.6. The van der Waals surface area contributed by atoms with Gasteiger partial charge >= 0.3 is 6.09 Å². The maximum Gasteiger partial charge on any atom is 0.410 e. The van der Waals surface area contributed by atoms with E-state index in [9.17, 15) is 4.79 Å². The largest absolute Gasteiger partial charge is 0.474 e. The number of carbonyl (C=O) groups is 1. The number of nitrogens with zero attached hydrogens (tertiary/aromatic N) is 5. The van der Waals surface area contributed by atoms with Crippen LogP contribution in [0.1, 0.15) is 11.1 Å². The lowest BCUT2D eigenvalue weighted by Gasteiger charge is -2.29. The fraction of sp³-hybridized carbons (Fsp3) is 0.500. The summed E-state index contributed by atoms with van der Waals surface area (Å²) >= 11 is 0. The highest BCUT2D eigenvalue weighted by molar-refractivity contribution is 5.67. The molecule has 3 heterocycles. The van der Waals surface area contributed by atoms with E-state index in [0.717, 1.165) is 24.3 Å². The van der Waals surface area contributed by atoms with E-state index in [2.05, 4.69) is 39.2 Å².